The summed E-state index contributed by atoms with van der Waals surface area (Å²) in [5.74, 6) is 0.529. The lowest BCUT2D eigenvalue weighted by Crippen LogP contribution is -2.26. The maximum Gasteiger partial charge on any atom is 0.511 e. The second-order valence-corrected chi connectivity index (χ2v) is 8.66. The van der Waals surface area contributed by atoms with Crippen molar-refractivity contribution in [2.24, 2.45) is 0 Å². The summed E-state index contributed by atoms with van der Waals surface area (Å²) in [5, 5.41) is 20.9. The molecule has 0 aliphatic heterocycles. The van der Waals surface area contributed by atoms with Gasteiger partial charge < -0.3 is 25.0 Å². The van der Waals surface area contributed by atoms with Crippen LogP contribution in [0.15, 0.2) is 66.7 Å². The van der Waals surface area contributed by atoms with Crippen molar-refractivity contribution in [3.63, 3.8) is 0 Å². The maximum atomic E-state index is 12.8. The van der Waals surface area contributed by atoms with Crippen molar-refractivity contribution in [3.8, 4) is 22.6 Å². The van der Waals surface area contributed by atoms with Crippen molar-refractivity contribution < 1.29 is 29.3 Å². The molecule has 7 nitrogen and oxygen atoms in total. The number of ether oxygens (including phenoxy) is 2. The molecule has 0 radical (unpaired) electrons. The van der Waals surface area contributed by atoms with Gasteiger partial charge in [0.25, 0.3) is 5.91 Å². The second kappa shape index (κ2) is 14.1. The molecule has 0 fully saturated rings. The van der Waals surface area contributed by atoms with E-state index in [9.17, 15) is 9.59 Å². The van der Waals surface area contributed by atoms with E-state index in [1.807, 2.05) is 24.3 Å². The lowest BCUT2D eigenvalue weighted by atomic mass is 10.0. The average molecular weight is 512 g/mol. The van der Waals surface area contributed by atoms with Crippen molar-refractivity contribution >= 4 is 23.7 Å². The van der Waals surface area contributed by atoms with E-state index < -0.39 is 6.16 Å². The van der Waals surface area contributed by atoms with Gasteiger partial charge in [0.2, 0.25) is 0 Å². The van der Waals surface area contributed by atoms with Gasteiger partial charge in [-0.05, 0) is 72.7 Å². The predicted molar refractivity (Wildman–Crippen MR) is 139 cm³/mol. The molecule has 1 amide bonds. The summed E-state index contributed by atoms with van der Waals surface area (Å²) < 4.78 is 10.5. The Morgan fingerprint density at radius 2 is 1.53 bits per heavy atom. The molecule has 0 unspecified atom stereocenters. The largest absolute Gasteiger partial charge is 0.511 e. The number of carbonyl (C=O) groups is 2. The van der Waals surface area contributed by atoms with Crippen molar-refractivity contribution in [2.75, 3.05) is 19.8 Å². The summed E-state index contributed by atoms with van der Waals surface area (Å²) >= 11 is 6.11. The molecule has 0 saturated carbocycles. The molecule has 8 heteroatoms. The number of aliphatic hydroxyl groups is 1. The fourth-order valence-corrected chi connectivity index (χ4v) is 3.82. The molecule has 3 rings (SSSR count). The smallest absolute Gasteiger partial charge is 0.493 e. The topological polar surface area (TPSA) is 105 Å². The number of halogens is 1. The number of amides is 1. The second-order valence-electron chi connectivity index (χ2n) is 8.22. The molecule has 3 aromatic rings. The van der Waals surface area contributed by atoms with E-state index in [2.05, 4.69) is 10.1 Å². The summed E-state index contributed by atoms with van der Waals surface area (Å²) in [6.07, 6.45) is 2.85. The maximum absolute atomic E-state index is 12.8. The van der Waals surface area contributed by atoms with Crippen molar-refractivity contribution in [3.05, 3.63) is 82.9 Å². The number of aliphatic hydroxyl groups excluding tert-OH is 1. The van der Waals surface area contributed by atoms with Crippen LogP contribution < -0.4 is 14.8 Å². The molecule has 36 heavy (non-hydrogen) atoms. The standard InChI is InChI=1S/C28H30ClNO6/c29-23-11-14-26(35-18-4-2-1-3-17-31)25(19-23)27(32)30-16-15-20-5-7-21(8-6-20)22-9-12-24(13-10-22)36-28(33)34/h5-14,19,31H,1-4,15-18H2,(H,30,32)(H,33,34). The number of unbranched alkanes of at least 4 members (excludes halogenated alkanes) is 3. The molecular formula is C28H30ClNO6. The third-order valence-electron chi connectivity index (χ3n) is 5.54. The first-order chi connectivity index (χ1) is 17.5. The molecule has 3 aromatic carbocycles. The van der Waals surface area contributed by atoms with E-state index in [-0.39, 0.29) is 18.3 Å². The van der Waals surface area contributed by atoms with E-state index in [1.54, 1.807) is 42.5 Å². The lowest BCUT2D eigenvalue weighted by Gasteiger charge is -2.12. The van der Waals surface area contributed by atoms with Crippen LogP contribution in [0.3, 0.4) is 0 Å². The van der Waals surface area contributed by atoms with E-state index in [1.165, 1.54) is 0 Å². The summed E-state index contributed by atoms with van der Waals surface area (Å²) in [5.41, 5.74) is 3.40. The van der Waals surface area contributed by atoms with Gasteiger partial charge in [0.05, 0.1) is 12.2 Å². The van der Waals surface area contributed by atoms with Gasteiger partial charge in [-0.1, -0.05) is 54.4 Å². The number of carboxylic acid groups (broad SMARTS) is 1. The molecule has 3 N–H and O–H groups in total. The predicted octanol–water partition coefficient (Wildman–Crippen LogP) is 5.97. The van der Waals surface area contributed by atoms with Crippen LogP contribution in [0.1, 0.15) is 41.6 Å². The molecule has 0 saturated heterocycles. The lowest BCUT2D eigenvalue weighted by molar-refractivity contribution is 0.0949. The van der Waals surface area contributed by atoms with Crippen molar-refractivity contribution in [1.29, 1.82) is 0 Å². The Bertz CT molecular complexity index is 1130. The first-order valence-electron chi connectivity index (χ1n) is 11.9. The number of hydrogen-bond acceptors (Lipinski definition) is 5. The van der Waals surface area contributed by atoms with Crippen LogP contribution in [0.5, 0.6) is 11.5 Å². The highest BCUT2D eigenvalue weighted by Crippen LogP contribution is 2.24. The molecule has 0 aliphatic rings. The van der Waals surface area contributed by atoms with Crippen LogP contribution in [0, 0.1) is 0 Å². The first kappa shape index (κ1) is 27.0. The van der Waals surface area contributed by atoms with E-state index in [4.69, 9.17) is 26.6 Å². The Morgan fingerprint density at radius 1 is 0.861 bits per heavy atom. The highest BCUT2D eigenvalue weighted by Gasteiger charge is 2.13. The number of carbonyl (C=O) groups excluding carboxylic acids is 1. The third-order valence-corrected chi connectivity index (χ3v) is 5.78. The number of rotatable bonds is 13. The third kappa shape index (κ3) is 8.59. The first-order valence-corrected chi connectivity index (χ1v) is 12.3. The molecule has 0 aromatic heterocycles. The van der Waals surface area contributed by atoms with Gasteiger partial charge in [-0.15, -0.1) is 0 Å². The Labute approximate surface area is 215 Å². The fourth-order valence-electron chi connectivity index (χ4n) is 3.65. The van der Waals surface area contributed by atoms with Gasteiger partial charge >= 0.3 is 6.16 Å². The van der Waals surface area contributed by atoms with Crippen LogP contribution in [-0.4, -0.2) is 42.0 Å². The van der Waals surface area contributed by atoms with Crippen LogP contribution in [0.25, 0.3) is 11.1 Å². The van der Waals surface area contributed by atoms with E-state index in [0.29, 0.717) is 35.9 Å². The van der Waals surface area contributed by atoms with Crippen LogP contribution >= 0.6 is 11.6 Å². The molecule has 0 heterocycles. The quantitative estimate of drug-likeness (QED) is 0.148. The zero-order valence-electron chi connectivity index (χ0n) is 19.9. The monoisotopic (exact) mass is 511 g/mol. The minimum atomic E-state index is -1.34. The zero-order chi connectivity index (χ0) is 25.8. The Morgan fingerprint density at radius 3 is 2.19 bits per heavy atom. The molecule has 0 spiro atoms. The molecule has 190 valence electrons. The van der Waals surface area contributed by atoms with Crippen LogP contribution in [0.2, 0.25) is 5.02 Å². The highest BCUT2D eigenvalue weighted by molar-refractivity contribution is 6.31. The fraction of sp³-hybridized carbons (Fsp3) is 0.286. The van der Waals surface area contributed by atoms with E-state index in [0.717, 1.165) is 42.4 Å². The minimum Gasteiger partial charge on any atom is -0.493 e. The molecule has 0 bridgehead atoms. The molecular weight excluding hydrogens is 482 g/mol. The molecule has 0 aliphatic carbocycles. The van der Waals surface area contributed by atoms with Crippen LogP contribution in [0.4, 0.5) is 4.79 Å². The highest BCUT2D eigenvalue weighted by atomic mass is 35.5. The normalized spacial score (nSPS) is 10.6. The summed E-state index contributed by atoms with van der Waals surface area (Å²) in [4.78, 5) is 23.4. The Balaban J connectivity index is 1.50. The summed E-state index contributed by atoms with van der Waals surface area (Å²) in [6, 6.07) is 19.8. The van der Waals surface area contributed by atoms with Gasteiger partial charge in [-0.25, -0.2) is 4.79 Å². The van der Waals surface area contributed by atoms with Crippen LogP contribution in [-0.2, 0) is 6.42 Å². The number of hydrogen-bond donors (Lipinski definition) is 3. The molecule has 0 atom stereocenters. The minimum absolute atomic E-state index is 0.201. The van der Waals surface area contributed by atoms with Gasteiger partial charge in [0, 0.05) is 18.2 Å². The summed E-state index contributed by atoms with van der Waals surface area (Å²) in [6.45, 7) is 1.15. The Hall–Kier alpha value is -3.55. The Kier molecular flexibility index (Phi) is 10.6. The van der Waals surface area contributed by atoms with Gasteiger partial charge in [0.1, 0.15) is 11.5 Å². The van der Waals surface area contributed by atoms with Crippen molar-refractivity contribution in [1.82, 2.24) is 5.32 Å². The average Bonchev–Trinajstić information content (AvgIpc) is 2.87. The van der Waals surface area contributed by atoms with E-state index >= 15 is 0 Å². The zero-order valence-corrected chi connectivity index (χ0v) is 20.7. The van der Waals surface area contributed by atoms with Gasteiger partial charge in [-0.3, -0.25) is 4.79 Å². The van der Waals surface area contributed by atoms with Gasteiger partial charge in [0.15, 0.2) is 0 Å². The van der Waals surface area contributed by atoms with Gasteiger partial charge in [-0.2, -0.15) is 0 Å². The summed E-state index contributed by atoms with van der Waals surface area (Å²) in [7, 11) is 0. The number of nitrogens with one attached hydrogen (secondary N) is 1. The number of benzene rings is 3. The SMILES string of the molecule is O=C(O)Oc1ccc(-c2ccc(CCNC(=O)c3cc(Cl)ccc3OCCCCCCO)cc2)cc1. The van der Waals surface area contributed by atoms with Crippen molar-refractivity contribution in [2.45, 2.75) is 32.1 Å².